The van der Waals surface area contributed by atoms with Crippen LogP contribution in [0.2, 0.25) is 0 Å². The van der Waals surface area contributed by atoms with Crippen LogP contribution in [-0.2, 0) is 13.1 Å². The van der Waals surface area contributed by atoms with Crippen LogP contribution in [0.3, 0.4) is 0 Å². The Hall–Kier alpha value is -1.53. The number of aliphatic hydroxyl groups excluding tert-OH is 1. The molecule has 80 valence electrons. The van der Waals surface area contributed by atoms with Crippen molar-refractivity contribution in [2.24, 2.45) is 0 Å². The van der Waals surface area contributed by atoms with Gasteiger partial charge in [0, 0.05) is 31.4 Å². The molecule has 0 aromatic carbocycles. The number of β-amino-alcohol motifs (C(OH)–C–C–N with tert-alkyl or cyclic N) is 1. The molecule has 15 heavy (non-hydrogen) atoms. The molecule has 0 radical (unpaired) electrons. The third-order valence-corrected chi connectivity index (χ3v) is 2.33. The standard InChI is InChI=1S/C9H11N3O3/c13-2-1-12-4-6-3-10-8(9(14)15)11-7(6)5-12/h3,13H,1-2,4-5H2,(H,14,15). The lowest BCUT2D eigenvalue weighted by molar-refractivity contribution is 0.0683. The number of rotatable bonds is 3. The largest absolute Gasteiger partial charge is 0.475 e. The van der Waals surface area contributed by atoms with Gasteiger partial charge in [0.25, 0.3) is 0 Å². The quantitative estimate of drug-likeness (QED) is 0.696. The minimum absolute atomic E-state index is 0.0905. The van der Waals surface area contributed by atoms with Gasteiger partial charge in [0.15, 0.2) is 0 Å². The minimum atomic E-state index is -1.11. The third-order valence-electron chi connectivity index (χ3n) is 2.33. The Labute approximate surface area is 86.2 Å². The summed E-state index contributed by atoms with van der Waals surface area (Å²) in [6.45, 7) is 1.92. The maximum atomic E-state index is 10.6. The predicted molar refractivity (Wildman–Crippen MR) is 50.2 cm³/mol. The lowest BCUT2D eigenvalue weighted by Crippen LogP contribution is -2.20. The molecule has 6 heteroatoms. The van der Waals surface area contributed by atoms with E-state index in [1.165, 1.54) is 0 Å². The van der Waals surface area contributed by atoms with E-state index in [0.717, 1.165) is 11.3 Å². The highest BCUT2D eigenvalue weighted by atomic mass is 16.4. The monoisotopic (exact) mass is 209 g/mol. The highest BCUT2D eigenvalue weighted by Gasteiger charge is 2.21. The zero-order valence-corrected chi connectivity index (χ0v) is 8.05. The Morgan fingerprint density at radius 1 is 1.53 bits per heavy atom. The van der Waals surface area contributed by atoms with Crippen LogP contribution in [-0.4, -0.2) is 44.2 Å². The van der Waals surface area contributed by atoms with Crippen molar-refractivity contribution in [2.45, 2.75) is 13.1 Å². The fourth-order valence-electron chi connectivity index (χ4n) is 1.62. The first kappa shape index (κ1) is 10.0. The SMILES string of the molecule is O=C(O)c1ncc2c(n1)CN(CCO)C2. The molecule has 0 fully saturated rings. The molecule has 2 heterocycles. The van der Waals surface area contributed by atoms with Gasteiger partial charge in [-0.05, 0) is 0 Å². The van der Waals surface area contributed by atoms with Gasteiger partial charge in [-0.25, -0.2) is 14.8 Å². The second kappa shape index (κ2) is 3.92. The van der Waals surface area contributed by atoms with Gasteiger partial charge in [0.05, 0.1) is 12.3 Å². The Morgan fingerprint density at radius 2 is 2.33 bits per heavy atom. The van der Waals surface area contributed by atoms with Gasteiger partial charge >= 0.3 is 5.97 Å². The minimum Gasteiger partial charge on any atom is -0.475 e. The Bertz CT molecular complexity index is 394. The molecule has 0 aliphatic carbocycles. The summed E-state index contributed by atoms with van der Waals surface area (Å²) in [5.41, 5.74) is 1.68. The molecule has 2 rings (SSSR count). The van der Waals surface area contributed by atoms with E-state index >= 15 is 0 Å². The number of hydrogen-bond acceptors (Lipinski definition) is 5. The van der Waals surface area contributed by atoms with Crippen molar-refractivity contribution in [2.75, 3.05) is 13.2 Å². The van der Waals surface area contributed by atoms with E-state index in [1.807, 2.05) is 4.90 Å². The average Bonchev–Trinajstić information content (AvgIpc) is 2.59. The molecular formula is C9H11N3O3. The summed E-state index contributed by atoms with van der Waals surface area (Å²) in [6, 6.07) is 0. The highest BCUT2D eigenvalue weighted by Crippen LogP contribution is 2.19. The van der Waals surface area contributed by atoms with E-state index in [2.05, 4.69) is 9.97 Å². The molecule has 1 aromatic heterocycles. The number of nitrogens with zero attached hydrogens (tertiary/aromatic N) is 3. The Morgan fingerprint density at radius 3 is 3.00 bits per heavy atom. The fraction of sp³-hybridized carbons (Fsp3) is 0.444. The van der Waals surface area contributed by atoms with Crippen LogP contribution < -0.4 is 0 Å². The van der Waals surface area contributed by atoms with Crippen LogP contribution in [0.5, 0.6) is 0 Å². The molecule has 0 amide bonds. The van der Waals surface area contributed by atoms with Gasteiger partial charge in [-0.1, -0.05) is 0 Å². The summed E-state index contributed by atoms with van der Waals surface area (Å²) in [6.07, 6.45) is 1.54. The lowest BCUT2D eigenvalue weighted by atomic mass is 10.3. The summed E-state index contributed by atoms with van der Waals surface area (Å²) in [5.74, 6) is -1.28. The van der Waals surface area contributed by atoms with Gasteiger partial charge in [-0.15, -0.1) is 0 Å². The summed E-state index contributed by atoms with van der Waals surface area (Å²) < 4.78 is 0. The van der Waals surface area contributed by atoms with E-state index < -0.39 is 5.97 Å². The van der Waals surface area contributed by atoms with E-state index in [1.54, 1.807) is 6.20 Å². The predicted octanol–water partition coefficient (Wildman–Crippen LogP) is -0.517. The summed E-state index contributed by atoms with van der Waals surface area (Å²) in [4.78, 5) is 20.3. The first-order valence-electron chi connectivity index (χ1n) is 4.62. The Kier molecular flexibility index (Phi) is 2.61. The number of aromatic carboxylic acids is 1. The smallest absolute Gasteiger partial charge is 0.373 e. The Balaban J connectivity index is 2.20. The van der Waals surface area contributed by atoms with Crippen LogP contribution in [0.1, 0.15) is 21.9 Å². The van der Waals surface area contributed by atoms with Crippen molar-refractivity contribution in [1.82, 2.24) is 14.9 Å². The topological polar surface area (TPSA) is 86.5 Å². The number of aliphatic hydroxyl groups is 1. The molecule has 0 saturated carbocycles. The van der Waals surface area contributed by atoms with E-state index in [9.17, 15) is 4.79 Å². The van der Waals surface area contributed by atoms with Crippen molar-refractivity contribution >= 4 is 5.97 Å². The molecule has 0 atom stereocenters. The van der Waals surface area contributed by atoms with Crippen molar-refractivity contribution < 1.29 is 15.0 Å². The number of carboxylic acids is 1. The van der Waals surface area contributed by atoms with Gasteiger partial charge in [0.1, 0.15) is 0 Å². The van der Waals surface area contributed by atoms with Gasteiger partial charge in [-0.3, -0.25) is 4.90 Å². The van der Waals surface area contributed by atoms with Gasteiger partial charge in [0.2, 0.25) is 5.82 Å². The van der Waals surface area contributed by atoms with Gasteiger partial charge in [-0.2, -0.15) is 0 Å². The van der Waals surface area contributed by atoms with Crippen LogP contribution in [0.15, 0.2) is 6.20 Å². The van der Waals surface area contributed by atoms with Crippen molar-refractivity contribution in [3.05, 3.63) is 23.3 Å². The van der Waals surface area contributed by atoms with E-state index in [-0.39, 0.29) is 12.4 Å². The second-order valence-electron chi connectivity index (χ2n) is 3.40. The van der Waals surface area contributed by atoms with E-state index in [0.29, 0.717) is 19.6 Å². The number of aromatic nitrogens is 2. The van der Waals surface area contributed by atoms with Crippen LogP contribution in [0.4, 0.5) is 0 Å². The summed E-state index contributed by atoms with van der Waals surface area (Å²) >= 11 is 0. The van der Waals surface area contributed by atoms with Crippen molar-refractivity contribution in [3.8, 4) is 0 Å². The molecular weight excluding hydrogens is 198 g/mol. The fourth-order valence-corrected chi connectivity index (χ4v) is 1.62. The van der Waals surface area contributed by atoms with Crippen molar-refractivity contribution in [1.29, 1.82) is 0 Å². The zero-order chi connectivity index (χ0) is 10.8. The average molecular weight is 209 g/mol. The normalized spacial score (nSPS) is 15.3. The highest BCUT2D eigenvalue weighted by molar-refractivity contribution is 5.83. The molecule has 0 spiro atoms. The molecule has 0 unspecified atom stereocenters. The summed E-state index contributed by atoms with van der Waals surface area (Å²) in [5, 5.41) is 17.5. The number of carboxylic acid groups (broad SMARTS) is 1. The molecule has 1 aliphatic heterocycles. The van der Waals surface area contributed by atoms with E-state index in [4.69, 9.17) is 10.2 Å². The third kappa shape index (κ3) is 1.95. The second-order valence-corrected chi connectivity index (χ2v) is 3.40. The molecule has 1 aliphatic rings. The summed E-state index contributed by atoms with van der Waals surface area (Å²) in [7, 11) is 0. The lowest BCUT2D eigenvalue weighted by Gasteiger charge is -2.10. The molecule has 1 aromatic rings. The number of carbonyl (C=O) groups is 1. The van der Waals surface area contributed by atoms with Crippen LogP contribution in [0, 0.1) is 0 Å². The molecule has 6 nitrogen and oxygen atoms in total. The number of fused-ring (bicyclic) bond motifs is 1. The zero-order valence-electron chi connectivity index (χ0n) is 8.05. The maximum Gasteiger partial charge on any atom is 0.373 e. The van der Waals surface area contributed by atoms with Crippen molar-refractivity contribution in [3.63, 3.8) is 0 Å². The molecule has 2 N–H and O–H groups in total. The maximum absolute atomic E-state index is 10.6. The first-order chi connectivity index (χ1) is 7.20. The first-order valence-corrected chi connectivity index (χ1v) is 4.62. The molecule has 0 saturated heterocycles. The van der Waals surface area contributed by atoms with Gasteiger partial charge < -0.3 is 10.2 Å². The van der Waals surface area contributed by atoms with Crippen LogP contribution in [0.25, 0.3) is 0 Å². The molecule has 0 bridgehead atoms. The van der Waals surface area contributed by atoms with Crippen LogP contribution >= 0.6 is 0 Å². The number of hydrogen-bond donors (Lipinski definition) is 2.